The van der Waals surface area contributed by atoms with E-state index in [2.05, 4.69) is 118 Å². The molecule has 4 aliphatic rings. The Balaban J connectivity index is 1.26. The molecule has 4 aliphatic carbocycles. The van der Waals surface area contributed by atoms with Crippen LogP contribution in [0.15, 0.2) is 48.5 Å². The smallest absolute Gasteiger partial charge is 0.00316 e. The number of benzene rings is 2. The predicted molar refractivity (Wildman–Crippen MR) is 173 cm³/mol. The predicted octanol–water partition coefficient (Wildman–Crippen LogP) is 11.9. The molecule has 0 amide bonds. The van der Waals surface area contributed by atoms with Crippen molar-refractivity contribution >= 4 is 0 Å². The maximum atomic E-state index is 2.59. The molecular weight excluding hydrogens is 480 g/mol. The van der Waals surface area contributed by atoms with Gasteiger partial charge in [0.1, 0.15) is 0 Å². The summed E-state index contributed by atoms with van der Waals surface area (Å²) in [5.74, 6) is 0. The van der Waals surface area contributed by atoms with E-state index in [1.165, 1.54) is 75.3 Å². The molecule has 0 aromatic heterocycles. The Labute approximate surface area is 247 Å². The summed E-state index contributed by atoms with van der Waals surface area (Å²) in [7, 11) is 0. The summed E-state index contributed by atoms with van der Waals surface area (Å²) in [5, 5.41) is 0. The van der Waals surface area contributed by atoms with Crippen molar-refractivity contribution in [3.8, 4) is 11.1 Å². The first kappa shape index (κ1) is 28.6. The monoisotopic (exact) mass is 538 g/mol. The number of hydrogen-bond donors (Lipinski definition) is 0. The minimum Gasteiger partial charge on any atom is -0.0599 e. The molecule has 0 nitrogen and oxygen atoms in total. The van der Waals surface area contributed by atoms with Crippen LogP contribution in [0, 0.1) is 32.5 Å². The van der Waals surface area contributed by atoms with Gasteiger partial charge in [0.25, 0.3) is 0 Å². The molecule has 4 fully saturated rings. The molecule has 4 bridgehead atoms. The summed E-state index contributed by atoms with van der Waals surface area (Å²) in [6.07, 6.45) is 13.5. The van der Waals surface area contributed by atoms with E-state index in [1.54, 1.807) is 11.1 Å². The zero-order valence-corrected chi connectivity index (χ0v) is 27.7. The van der Waals surface area contributed by atoms with Gasteiger partial charge in [-0.05, 0) is 130 Å². The van der Waals surface area contributed by atoms with E-state index in [0.717, 1.165) is 0 Å². The number of rotatable bonds is 3. The van der Waals surface area contributed by atoms with Crippen LogP contribution in [0.25, 0.3) is 11.1 Å². The maximum Gasteiger partial charge on any atom is -0.00316 e. The zero-order chi connectivity index (χ0) is 29.0. The molecule has 4 saturated carbocycles. The summed E-state index contributed by atoms with van der Waals surface area (Å²) in [4.78, 5) is 0. The van der Waals surface area contributed by atoms with Crippen LogP contribution >= 0.6 is 0 Å². The van der Waals surface area contributed by atoms with E-state index in [1.807, 2.05) is 0 Å². The highest BCUT2D eigenvalue weighted by atomic mass is 14.6. The van der Waals surface area contributed by atoms with Gasteiger partial charge in [-0.3, -0.25) is 0 Å². The first-order chi connectivity index (χ1) is 18.2. The third-order valence-corrected chi connectivity index (χ3v) is 11.9. The molecule has 218 valence electrons. The minimum absolute atomic E-state index is 0.272. The molecular formula is C40H58. The lowest BCUT2D eigenvalue weighted by Gasteiger charge is -2.61. The molecule has 0 saturated heterocycles. The fraction of sp³-hybridized carbons (Fsp3) is 0.700. The van der Waals surface area contributed by atoms with Gasteiger partial charge in [0.05, 0.1) is 0 Å². The van der Waals surface area contributed by atoms with Gasteiger partial charge in [-0.25, -0.2) is 0 Å². The van der Waals surface area contributed by atoms with Crippen molar-refractivity contribution in [3.05, 3.63) is 59.7 Å². The SMILES string of the molecule is CC1(C)CC2(C)CC(C)(C1)CC(C)(c1ccc(-c3ccc(C45CC(C)(C)CC(C)(CC(C)(C)C4)C5)cc3)cc1)C2. The molecule has 0 spiro atoms. The Morgan fingerprint density at radius 2 is 0.700 bits per heavy atom. The third-order valence-electron chi connectivity index (χ3n) is 11.9. The first-order valence-electron chi connectivity index (χ1n) is 16.5. The summed E-state index contributed by atoms with van der Waals surface area (Å²) in [5.41, 5.74) is 9.11. The highest BCUT2D eigenvalue weighted by Gasteiger charge is 2.57. The highest BCUT2D eigenvalue weighted by Crippen LogP contribution is 2.67. The third kappa shape index (κ3) is 5.13. The average molecular weight is 539 g/mol. The van der Waals surface area contributed by atoms with Crippen molar-refractivity contribution in [1.29, 1.82) is 0 Å². The van der Waals surface area contributed by atoms with E-state index >= 15 is 0 Å². The van der Waals surface area contributed by atoms with Crippen molar-refractivity contribution in [1.82, 2.24) is 0 Å². The van der Waals surface area contributed by atoms with E-state index in [9.17, 15) is 0 Å². The topological polar surface area (TPSA) is 0 Å². The van der Waals surface area contributed by atoms with Crippen LogP contribution in [-0.4, -0.2) is 0 Å². The van der Waals surface area contributed by atoms with E-state index < -0.39 is 0 Å². The van der Waals surface area contributed by atoms with Gasteiger partial charge in [0.2, 0.25) is 0 Å². The Morgan fingerprint density at radius 3 is 1.12 bits per heavy atom. The Hall–Kier alpha value is -1.56. The fourth-order valence-electron chi connectivity index (χ4n) is 13.8. The lowest BCUT2D eigenvalue weighted by Crippen LogP contribution is -2.52. The van der Waals surface area contributed by atoms with Gasteiger partial charge in [-0.15, -0.1) is 0 Å². The van der Waals surface area contributed by atoms with Crippen LogP contribution in [0.3, 0.4) is 0 Å². The largest absolute Gasteiger partial charge is 0.0599 e. The van der Waals surface area contributed by atoms with Gasteiger partial charge in [-0.2, -0.15) is 0 Å². The van der Waals surface area contributed by atoms with Crippen LogP contribution < -0.4 is 0 Å². The molecule has 0 heteroatoms. The van der Waals surface area contributed by atoms with Gasteiger partial charge in [0, 0.05) is 0 Å². The number of hydrogen-bond acceptors (Lipinski definition) is 0. The standard InChI is InChI=1S/C40H58/c1-33(2)19-37(8)25-38(9,20-33)27-39(10,26-37)31-15-11-29(12-16-31)30-13-17-32(18-14-30)40-23-34(3,4)21-36(7,28-40)22-35(5,6)24-40/h11-18H,19-28H2,1-10H3. The van der Waals surface area contributed by atoms with Crippen LogP contribution in [0.4, 0.5) is 0 Å². The van der Waals surface area contributed by atoms with Crippen molar-refractivity contribution in [3.63, 3.8) is 0 Å². The van der Waals surface area contributed by atoms with Gasteiger partial charge < -0.3 is 0 Å². The van der Waals surface area contributed by atoms with Crippen molar-refractivity contribution < 1.29 is 0 Å². The van der Waals surface area contributed by atoms with E-state index in [0.29, 0.717) is 37.9 Å². The van der Waals surface area contributed by atoms with Crippen LogP contribution in [0.1, 0.15) is 145 Å². The maximum absolute atomic E-state index is 2.59. The van der Waals surface area contributed by atoms with Gasteiger partial charge in [0.15, 0.2) is 0 Å². The molecule has 2 atom stereocenters. The normalized spacial score (nSPS) is 41.4. The molecule has 6 rings (SSSR count). The second-order valence-corrected chi connectivity index (χ2v) is 19.7. The molecule has 2 aromatic carbocycles. The Morgan fingerprint density at radius 1 is 0.350 bits per heavy atom. The Bertz CT molecular complexity index is 1210. The summed E-state index contributed by atoms with van der Waals surface area (Å²) < 4.78 is 0. The molecule has 2 aromatic rings. The van der Waals surface area contributed by atoms with Crippen LogP contribution in [0.2, 0.25) is 0 Å². The Kier molecular flexibility index (Phi) is 6.07. The second kappa shape index (κ2) is 8.51. The lowest BCUT2D eigenvalue weighted by molar-refractivity contribution is -0.0739. The highest BCUT2D eigenvalue weighted by molar-refractivity contribution is 5.64. The summed E-state index contributed by atoms with van der Waals surface area (Å²) >= 11 is 0. The van der Waals surface area contributed by atoms with Crippen LogP contribution in [-0.2, 0) is 10.8 Å². The average Bonchev–Trinajstić information content (AvgIpc) is 2.73. The molecule has 0 N–H and O–H groups in total. The molecule has 0 aliphatic heterocycles. The van der Waals surface area contributed by atoms with E-state index in [4.69, 9.17) is 0 Å². The second-order valence-electron chi connectivity index (χ2n) is 19.7. The van der Waals surface area contributed by atoms with Crippen LogP contribution in [0.5, 0.6) is 0 Å². The fourth-order valence-corrected chi connectivity index (χ4v) is 13.8. The minimum atomic E-state index is 0.272. The number of fused-ring (bicyclic) bond motifs is 4. The summed E-state index contributed by atoms with van der Waals surface area (Å²) in [6.45, 7) is 25.4. The zero-order valence-electron chi connectivity index (χ0n) is 27.7. The van der Waals surface area contributed by atoms with Gasteiger partial charge >= 0.3 is 0 Å². The van der Waals surface area contributed by atoms with E-state index in [-0.39, 0.29) is 5.41 Å². The quantitative estimate of drug-likeness (QED) is 0.364. The molecule has 0 radical (unpaired) electrons. The van der Waals surface area contributed by atoms with Crippen molar-refractivity contribution in [2.45, 2.75) is 144 Å². The molecule has 2 unspecified atom stereocenters. The van der Waals surface area contributed by atoms with Crippen molar-refractivity contribution in [2.24, 2.45) is 32.5 Å². The summed E-state index contributed by atoms with van der Waals surface area (Å²) in [6, 6.07) is 19.6. The molecule has 0 heterocycles. The van der Waals surface area contributed by atoms with Gasteiger partial charge in [-0.1, -0.05) is 118 Å². The lowest BCUT2D eigenvalue weighted by atomic mass is 9.43. The molecule has 40 heavy (non-hydrogen) atoms. The van der Waals surface area contributed by atoms with Crippen molar-refractivity contribution in [2.75, 3.05) is 0 Å². The first-order valence-corrected chi connectivity index (χ1v) is 16.5.